The van der Waals surface area contributed by atoms with Gasteiger partial charge in [-0.05, 0) is 6.07 Å². The van der Waals surface area contributed by atoms with Gasteiger partial charge in [-0.2, -0.15) is 0 Å². The van der Waals surface area contributed by atoms with E-state index in [0.717, 1.165) is 6.07 Å². The molecule has 0 saturated carbocycles. The fourth-order valence-corrected chi connectivity index (χ4v) is 0.817. The maximum absolute atomic E-state index is 12.2. The van der Waals surface area contributed by atoms with Gasteiger partial charge in [0.15, 0.2) is 0 Å². The van der Waals surface area contributed by atoms with E-state index in [1.807, 2.05) is 0 Å². The molecule has 66 valence electrons. The Kier molecular flexibility index (Phi) is 2.42. The minimum absolute atomic E-state index is 0.0548. The number of hydrogen-bond donors (Lipinski definition) is 1. The van der Waals surface area contributed by atoms with Crippen molar-refractivity contribution in [2.24, 2.45) is 0 Å². The largest absolute Gasteiger partial charge is 0.495 e. The topological polar surface area (TPSA) is 48.1 Å². The van der Waals surface area contributed by atoms with Crippen molar-refractivity contribution >= 4 is 5.82 Å². The van der Waals surface area contributed by atoms with Crippen molar-refractivity contribution in [2.45, 2.75) is 6.43 Å². The second-order valence-electron chi connectivity index (χ2n) is 2.15. The lowest BCUT2D eigenvalue weighted by atomic mass is 10.2. The number of aromatic nitrogens is 1. The molecule has 0 aromatic carbocycles. The first-order chi connectivity index (χ1) is 5.65. The highest BCUT2D eigenvalue weighted by atomic mass is 19.3. The van der Waals surface area contributed by atoms with Crippen LogP contribution < -0.4 is 10.5 Å². The number of rotatable bonds is 2. The first-order valence-electron chi connectivity index (χ1n) is 3.22. The number of alkyl halides is 2. The summed E-state index contributed by atoms with van der Waals surface area (Å²) in [5.74, 6) is 0.116. The van der Waals surface area contributed by atoms with E-state index in [4.69, 9.17) is 5.73 Å². The molecule has 0 aliphatic rings. The molecule has 0 atom stereocenters. The molecule has 0 amide bonds. The normalized spacial score (nSPS) is 10.3. The van der Waals surface area contributed by atoms with Crippen LogP contribution in [0.25, 0.3) is 0 Å². The SMILES string of the molecule is COc1cnc(N)cc1C(F)F. The standard InChI is InChI=1S/C7H8F2N2O/c1-12-5-3-11-6(10)2-4(5)7(8)9/h2-3,7H,1H3,(H2,10,11). The van der Waals surface area contributed by atoms with E-state index in [2.05, 4.69) is 9.72 Å². The van der Waals surface area contributed by atoms with Crippen LogP contribution in [0.15, 0.2) is 12.3 Å². The molecule has 0 aliphatic heterocycles. The van der Waals surface area contributed by atoms with Crippen LogP contribution in [0.1, 0.15) is 12.0 Å². The Balaban J connectivity index is 3.12. The van der Waals surface area contributed by atoms with Gasteiger partial charge < -0.3 is 10.5 Å². The fraction of sp³-hybridized carbons (Fsp3) is 0.286. The predicted octanol–water partition coefficient (Wildman–Crippen LogP) is 1.61. The number of pyridine rings is 1. The summed E-state index contributed by atoms with van der Waals surface area (Å²) in [6, 6.07) is 1.10. The second kappa shape index (κ2) is 3.34. The smallest absolute Gasteiger partial charge is 0.267 e. The Labute approximate surface area is 68.2 Å². The number of hydrogen-bond acceptors (Lipinski definition) is 3. The van der Waals surface area contributed by atoms with Crippen LogP contribution in [-0.4, -0.2) is 12.1 Å². The van der Waals surface area contributed by atoms with Crippen molar-refractivity contribution in [3.8, 4) is 5.75 Å². The van der Waals surface area contributed by atoms with Crippen LogP contribution in [0.4, 0.5) is 14.6 Å². The lowest BCUT2D eigenvalue weighted by molar-refractivity contribution is 0.147. The van der Waals surface area contributed by atoms with Crippen LogP contribution in [0.5, 0.6) is 5.75 Å². The van der Waals surface area contributed by atoms with Gasteiger partial charge in [-0.15, -0.1) is 0 Å². The first kappa shape index (κ1) is 8.70. The highest BCUT2D eigenvalue weighted by Gasteiger charge is 2.14. The van der Waals surface area contributed by atoms with Crippen molar-refractivity contribution in [2.75, 3.05) is 12.8 Å². The molecular weight excluding hydrogens is 166 g/mol. The molecule has 1 rings (SSSR count). The van der Waals surface area contributed by atoms with Gasteiger partial charge in [0.1, 0.15) is 11.6 Å². The maximum Gasteiger partial charge on any atom is 0.267 e. The molecule has 0 bridgehead atoms. The third kappa shape index (κ3) is 1.61. The average molecular weight is 174 g/mol. The molecule has 1 heterocycles. The second-order valence-corrected chi connectivity index (χ2v) is 2.15. The summed E-state index contributed by atoms with van der Waals surface area (Å²) in [6.45, 7) is 0. The van der Waals surface area contributed by atoms with E-state index in [9.17, 15) is 8.78 Å². The predicted molar refractivity (Wildman–Crippen MR) is 40.2 cm³/mol. The first-order valence-corrected chi connectivity index (χ1v) is 3.22. The number of halogens is 2. The summed E-state index contributed by atoms with van der Waals surface area (Å²) in [4.78, 5) is 3.61. The monoisotopic (exact) mass is 174 g/mol. The van der Waals surface area contributed by atoms with Gasteiger partial charge in [-0.3, -0.25) is 0 Å². The molecule has 0 saturated heterocycles. The number of anilines is 1. The minimum atomic E-state index is -2.59. The summed E-state index contributed by atoms with van der Waals surface area (Å²) in [5.41, 5.74) is 4.99. The highest BCUT2D eigenvalue weighted by Crippen LogP contribution is 2.28. The third-order valence-corrected chi connectivity index (χ3v) is 1.37. The van der Waals surface area contributed by atoms with Gasteiger partial charge >= 0.3 is 0 Å². The molecule has 0 aliphatic carbocycles. The molecule has 3 nitrogen and oxygen atoms in total. The van der Waals surface area contributed by atoms with E-state index in [-0.39, 0.29) is 17.1 Å². The van der Waals surface area contributed by atoms with Crippen LogP contribution in [-0.2, 0) is 0 Å². The Morgan fingerprint density at radius 1 is 1.58 bits per heavy atom. The van der Waals surface area contributed by atoms with Crippen molar-refractivity contribution in [3.63, 3.8) is 0 Å². The van der Waals surface area contributed by atoms with E-state index in [1.54, 1.807) is 0 Å². The molecule has 2 N–H and O–H groups in total. The van der Waals surface area contributed by atoms with Crippen LogP contribution in [0.2, 0.25) is 0 Å². The molecule has 0 radical (unpaired) electrons. The summed E-state index contributed by atoms with van der Waals surface area (Å²) >= 11 is 0. The van der Waals surface area contributed by atoms with Gasteiger partial charge in [-0.1, -0.05) is 0 Å². The summed E-state index contributed by atoms with van der Waals surface area (Å²) in [6.07, 6.45) is -1.41. The van der Waals surface area contributed by atoms with Crippen molar-refractivity contribution in [1.82, 2.24) is 4.98 Å². The van der Waals surface area contributed by atoms with Crippen molar-refractivity contribution in [1.29, 1.82) is 0 Å². The lowest BCUT2D eigenvalue weighted by Gasteiger charge is -2.06. The van der Waals surface area contributed by atoms with E-state index in [0.29, 0.717) is 0 Å². The van der Waals surface area contributed by atoms with Gasteiger partial charge in [0, 0.05) is 0 Å². The Morgan fingerprint density at radius 2 is 2.25 bits per heavy atom. The van der Waals surface area contributed by atoms with Crippen molar-refractivity contribution < 1.29 is 13.5 Å². The van der Waals surface area contributed by atoms with E-state index >= 15 is 0 Å². The van der Waals surface area contributed by atoms with Gasteiger partial charge in [0.05, 0.1) is 18.9 Å². The Morgan fingerprint density at radius 3 is 2.75 bits per heavy atom. The molecule has 1 aromatic rings. The number of nitrogens with two attached hydrogens (primary N) is 1. The quantitative estimate of drug-likeness (QED) is 0.740. The van der Waals surface area contributed by atoms with Gasteiger partial charge in [0.2, 0.25) is 0 Å². The zero-order valence-electron chi connectivity index (χ0n) is 6.42. The Bertz CT molecular complexity index is 278. The molecule has 5 heteroatoms. The average Bonchev–Trinajstić information content (AvgIpc) is 2.04. The molecule has 0 spiro atoms. The summed E-state index contributed by atoms with van der Waals surface area (Å²) in [7, 11) is 1.30. The molecular formula is C7H8F2N2O. The zero-order chi connectivity index (χ0) is 9.14. The van der Waals surface area contributed by atoms with Crippen LogP contribution >= 0.6 is 0 Å². The number of ether oxygens (including phenoxy) is 1. The van der Waals surface area contributed by atoms with Gasteiger partial charge in [-0.25, -0.2) is 13.8 Å². The zero-order valence-corrected chi connectivity index (χ0v) is 6.42. The maximum atomic E-state index is 12.2. The Hall–Kier alpha value is -1.39. The van der Waals surface area contributed by atoms with Crippen molar-refractivity contribution in [3.05, 3.63) is 17.8 Å². The minimum Gasteiger partial charge on any atom is -0.495 e. The fourth-order valence-electron chi connectivity index (χ4n) is 0.817. The molecule has 1 aromatic heterocycles. The molecule has 0 fully saturated rings. The highest BCUT2D eigenvalue weighted by molar-refractivity contribution is 5.41. The van der Waals surface area contributed by atoms with Gasteiger partial charge in [0.25, 0.3) is 6.43 Å². The van der Waals surface area contributed by atoms with E-state index < -0.39 is 6.43 Å². The lowest BCUT2D eigenvalue weighted by Crippen LogP contribution is -1.97. The van der Waals surface area contributed by atoms with Crippen LogP contribution in [0, 0.1) is 0 Å². The summed E-state index contributed by atoms with van der Waals surface area (Å²) in [5, 5.41) is 0. The molecule has 12 heavy (non-hydrogen) atoms. The third-order valence-electron chi connectivity index (χ3n) is 1.37. The van der Waals surface area contributed by atoms with Crippen LogP contribution in [0.3, 0.4) is 0 Å². The number of nitrogen functional groups attached to an aromatic ring is 1. The number of methoxy groups -OCH3 is 1. The van der Waals surface area contributed by atoms with E-state index in [1.165, 1.54) is 13.3 Å². The summed E-state index contributed by atoms with van der Waals surface area (Å²) < 4.78 is 29.1. The number of nitrogens with zero attached hydrogens (tertiary/aromatic N) is 1. The molecule has 0 unspecified atom stereocenters.